The highest BCUT2D eigenvalue weighted by Gasteiger charge is 2.03. The predicted octanol–water partition coefficient (Wildman–Crippen LogP) is 3.57. The van der Waals surface area contributed by atoms with Crippen LogP contribution in [0.25, 0.3) is 21.8 Å². The maximum atomic E-state index is 4.60. The first-order chi connectivity index (χ1) is 9.38. The number of rotatable bonds is 2. The molecule has 0 aliphatic carbocycles. The van der Waals surface area contributed by atoms with E-state index in [1.807, 2.05) is 18.2 Å². The predicted molar refractivity (Wildman–Crippen MR) is 77.1 cm³/mol. The molecular formula is C16H13N3. The van der Waals surface area contributed by atoms with Crippen molar-refractivity contribution in [2.45, 2.75) is 6.54 Å². The number of hydrogen-bond acceptors (Lipinski definition) is 1. The lowest BCUT2D eigenvalue weighted by Crippen LogP contribution is -1.97. The first-order valence-corrected chi connectivity index (χ1v) is 6.37. The third kappa shape index (κ3) is 1.80. The number of aromatic amines is 1. The van der Waals surface area contributed by atoms with Gasteiger partial charge in [-0.25, -0.2) is 4.98 Å². The van der Waals surface area contributed by atoms with Crippen LogP contribution in [0.2, 0.25) is 0 Å². The Balaban J connectivity index is 1.73. The van der Waals surface area contributed by atoms with Crippen LogP contribution in [0.1, 0.15) is 5.82 Å². The number of aromatic nitrogens is 3. The highest BCUT2D eigenvalue weighted by Crippen LogP contribution is 2.16. The zero-order valence-corrected chi connectivity index (χ0v) is 10.4. The Bertz CT molecular complexity index is 716. The molecule has 0 saturated heterocycles. The van der Waals surface area contributed by atoms with Crippen LogP contribution in [0.3, 0.4) is 0 Å². The summed E-state index contributed by atoms with van der Waals surface area (Å²) < 4.78 is 2.17. The zero-order valence-electron chi connectivity index (χ0n) is 10.4. The molecule has 4 rings (SSSR count). The van der Waals surface area contributed by atoms with Gasteiger partial charge in [0, 0.05) is 12.4 Å². The summed E-state index contributed by atoms with van der Waals surface area (Å²) in [6.45, 7) is 0.767. The molecule has 1 N–H and O–H groups in total. The molecule has 2 aromatic heterocycles. The maximum Gasteiger partial charge on any atom is 0.127 e. The van der Waals surface area contributed by atoms with Crippen molar-refractivity contribution in [3.05, 3.63) is 66.7 Å². The molecule has 0 unspecified atom stereocenters. The summed E-state index contributed by atoms with van der Waals surface area (Å²) in [7, 11) is 0. The summed E-state index contributed by atoms with van der Waals surface area (Å²) in [5, 5.41) is 2.53. The number of hydrogen-bond donors (Lipinski definition) is 1. The molecule has 0 amide bonds. The molecule has 0 aliphatic rings. The molecule has 0 atom stereocenters. The van der Waals surface area contributed by atoms with Gasteiger partial charge in [-0.05, 0) is 22.9 Å². The minimum Gasteiger partial charge on any atom is -0.346 e. The molecule has 0 saturated carbocycles. The number of nitrogens with zero attached hydrogens (tertiary/aromatic N) is 2. The molecule has 19 heavy (non-hydrogen) atoms. The summed E-state index contributed by atoms with van der Waals surface area (Å²) in [6.07, 6.45) is 4.31. The Morgan fingerprint density at radius 2 is 1.58 bits per heavy atom. The topological polar surface area (TPSA) is 33.6 Å². The fourth-order valence-electron chi connectivity index (χ4n) is 2.49. The van der Waals surface area contributed by atoms with E-state index in [4.69, 9.17) is 0 Å². The Labute approximate surface area is 110 Å². The van der Waals surface area contributed by atoms with E-state index in [1.165, 1.54) is 10.8 Å². The molecule has 0 spiro atoms. The Hall–Kier alpha value is -2.55. The lowest BCUT2D eigenvalue weighted by Gasteiger charge is -1.97. The Kier molecular flexibility index (Phi) is 2.18. The second kappa shape index (κ2) is 3.99. The van der Waals surface area contributed by atoms with Gasteiger partial charge in [-0.1, -0.05) is 36.4 Å². The van der Waals surface area contributed by atoms with E-state index in [0.717, 1.165) is 23.4 Å². The highest BCUT2D eigenvalue weighted by molar-refractivity contribution is 5.82. The summed E-state index contributed by atoms with van der Waals surface area (Å²) in [5.41, 5.74) is 2.11. The van der Waals surface area contributed by atoms with Crippen molar-refractivity contribution in [2.75, 3.05) is 0 Å². The van der Waals surface area contributed by atoms with Crippen LogP contribution < -0.4 is 0 Å². The van der Waals surface area contributed by atoms with Crippen molar-refractivity contribution >= 4 is 21.8 Å². The lowest BCUT2D eigenvalue weighted by atomic mass is 10.2. The van der Waals surface area contributed by atoms with E-state index >= 15 is 0 Å². The number of para-hydroxylation sites is 2. The van der Waals surface area contributed by atoms with Gasteiger partial charge in [-0.3, -0.25) is 0 Å². The number of fused-ring (bicyclic) bond motifs is 2. The molecule has 4 aromatic rings. The SMILES string of the molecule is c1ccc2cn(Cc3nc4ccccc4[nH]3)cc2c1. The molecule has 0 fully saturated rings. The van der Waals surface area contributed by atoms with Crippen LogP contribution in [0, 0.1) is 0 Å². The summed E-state index contributed by atoms with van der Waals surface area (Å²) in [4.78, 5) is 7.96. The summed E-state index contributed by atoms with van der Waals surface area (Å²) in [5.74, 6) is 0.988. The van der Waals surface area contributed by atoms with Crippen LogP contribution in [-0.2, 0) is 6.54 Å². The monoisotopic (exact) mass is 247 g/mol. The minimum absolute atomic E-state index is 0.767. The number of benzene rings is 2. The molecule has 0 aliphatic heterocycles. The van der Waals surface area contributed by atoms with Gasteiger partial charge in [0.2, 0.25) is 0 Å². The molecule has 3 heteroatoms. The standard InChI is InChI=1S/C16H13N3/c1-2-6-13-10-19(9-12(13)5-1)11-16-17-14-7-3-4-8-15(14)18-16/h1-10H,11H2,(H,17,18). The smallest absolute Gasteiger partial charge is 0.127 e. The summed E-state index contributed by atoms with van der Waals surface area (Å²) >= 11 is 0. The molecule has 2 heterocycles. The second-order valence-electron chi connectivity index (χ2n) is 4.76. The summed E-state index contributed by atoms with van der Waals surface area (Å²) in [6, 6.07) is 16.5. The molecule has 0 bridgehead atoms. The van der Waals surface area contributed by atoms with Crippen molar-refractivity contribution in [1.29, 1.82) is 0 Å². The molecule has 0 radical (unpaired) electrons. The van der Waals surface area contributed by atoms with E-state index in [1.54, 1.807) is 0 Å². The molecular weight excluding hydrogens is 234 g/mol. The van der Waals surface area contributed by atoms with Gasteiger partial charge in [0.15, 0.2) is 0 Å². The lowest BCUT2D eigenvalue weighted by molar-refractivity contribution is 0.768. The number of nitrogens with one attached hydrogen (secondary N) is 1. The van der Waals surface area contributed by atoms with E-state index in [0.29, 0.717) is 0 Å². The fourth-order valence-corrected chi connectivity index (χ4v) is 2.49. The number of imidazole rings is 1. The molecule has 2 aromatic carbocycles. The number of H-pyrrole nitrogens is 1. The van der Waals surface area contributed by atoms with Gasteiger partial charge >= 0.3 is 0 Å². The Morgan fingerprint density at radius 1 is 0.895 bits per heavy atom. The average molecular weight is 247 g/mol. The molecule has 92 valence electrons. The third-order valence-electron chi connectivity index (χ3n) is 3.38. The van der Waals surface area contributed by atoms with E-state index in [9.17, 15) is 0 Å². The van der Waals surface area contributed by atoms with E-state index in [2.05, 4.69) is 57.3 Å². The minimum atomic E-state index is 0.767. The van der Waals surface area contributed by atoms with E-state index in [-0.39, 0.29) is 0 Å². The van der Waals surface area contributed by atoms with Crippen molar-refractivity contribution in [1.82, 2.24) is 14.5 Å². The Morgan fingerprint density at radius 3 is 2.32 bits per heavy atom. The zero-order chi connectivity index (χ0) is 12.7. The average Bonchev–Trinajstić information content (AvgIpc) is 3.00. The van der Waals surface area contributed by atoms with Crippen molar-refractivity contribution < 1.29 is 0 Å². The quantitative estimate of drug-likeness (QED) is 0.577. The first kappa shape index (κ1) is 10.4. The fraction of sp³-hybridized carbons (Fsp3) is 0.0625. The van der Waals surface area contributed by atoms with Crippen LogP contribution >= 0.6 is 0 Å². The van der Waals surface area contributed by atoms with Crippen molar-refractivity contribution in [3.8, 4) is 0 Å². The maximum absolute atomic E-state index is 4.60. The van der Waals surface area contributed by atoms with Crippen molar-refractivity contribution in [3.63, 3.8) is 0 Å². The normalized spacial score (nSPS) is 11.4. The van der Waals surface area contributed by atoms with Crippen LogP contribution in [0.15, 0.2) is 60.9 Å². The van der Waals surface area contributed by atoms with E-state index < -0.39 is 0 Å². The highest BCUT2D eigenvalue weighted by atomic mass is 15.0. The van der Waals surface area contributed by atoms with Crippen LogP contribution in [0.5, 0.6) is 0 Å². The van der Waals surface area contributed by atoms with Gasteiger partial charge < -0.3 is 9.55 Å². The van der Waals surface area contributed by atoms with Gasteiger partial charge in [0.05, 0.1) is 17.6 Å². The van der Waals surface area contributed by atoms with Gasteiger partial charge in [0.1, 0.15) is 5.82 Å². The second-order valence-corrected chi connectivity index (χ2v) is 4.76. The first-order valence-electron chi connectivity index (χ1n) is 6.37. The van der Waals surface area contributed by atoms with Gasteiger partial charge in [-0.15, -0.1) is 0 Å². The van der Waals surface area contributed by atoms with Gasteiger partial charge in [-0.2, -0.15) is 0 Å². The molecule has 3 nitrogen and oxygen atoms in total. The van der Waals surface area contributed by atoms with Crippen LogP contribution in [0.4, 0.5) is 0 Å². The third-order valence-corrected chi connectivity index (χ3v) is 3.38. The van der Waals surface area contributed by atoms with Crippen LogP contribution in [-0.4, -0.2) is 14.5 Å². The van der Waals surface area contributed by atoms with Gasteiger partial charge in [0.25, 0.3) is 0 Å². The largest absolute Gasteiger partial charge is 0.346 e. The van der Waals surface area contributed by atoms with Crippen molar-refractivity contribution in [2.24, 2.45) is 0 Å².